The fourth-order valence-electron chi connectivity index (χ4n) is 1.18. The molecule has 0 aromatic carbocycles. The number of rotatable bonds is 3. The van der Waals surface area contributed by atoms with Crippen LogP contribution in [0.5, 0.6) is 0 Å². The number of amides is 1. The summed E-state index contributed by atoms with van der Waals surface area (Å²) in [6.07, 6.45) is 2.12. The van der Waals surface area contributed by atoms with Gasteiger partial charge in [0.2, 0.25) is 0 Å². The summed E-state index contributed by atoms with van der Waals surface area (Å²) in [5.74, 6) is -1.07. The van der Waals surface area contributed by atoms with Crippen molar-refractivity contribution in [1.29, 1.82) is 0 Å². The van der Waals surface area contributed by atoms with E-state index in [9.17, 15) is 9.59 Å². The van der Waals surface area contributed by atoms with Crippen LogP contribution in [-0.2, 0) is 9.53 Å². The van der Waals surface area contributed by atoms with Crippen LogP contribution >= 0.6 is 0 Å². The molecule has 2 N–H and O–H groups in total. The highest BCUT2D eigenvalue weighted by Crippen LogP contribution is 2.34. The molecule has 0 unspecified atom stereocenters. The van der Waals surface area contributed by atoms with E-state index in [4.69, 9.17) is 9.84 Å². The van der Waals surface area contributed by atoms with Gasteiger partial charge in [0.05, 0.1) is 0 Å². The van der Waals surface area contributed by atoms with Crippen molar-refractivity contribution < 1.29 is 19.4 Å². The highest BCUT2D eigenvalue weighted by molar-refractivity contribution is 5.76. The normalized spacial score (nSPS) is 18.5. The van der Waals surface area contributed by atoms with Crippen LogP contribution in [0.3, 0.4) is 0 Å². The summed E-state index contributed by atoms with van der Waals surface area (Å²) in [7, 11) is 0. The van der Waals surface area contributed by atoms with Gasteiger partial charge in [0.15, 0.2) is 0 Å². The Morgan fingerprint density at radius 2 is 2.15 bits per heavy atom. The fraction of sp³-hybridized carbons (Fsp3) is 0.750. The zero-order valence-electron chi connectivity index (χ0n) is 7.50. The Morgan fingerprint density at radius 3 is 2.54 bits per heavy atom. The number of ether oxygens (including phenoxy) is 1. The molecule has 1 aliphatic rings. The first-order valence-corrected chi connectivity index (χ1v) is 4.20. The molecule has 1 amide bonds. The van der Waals surface area contributed by atoms with E-state index in [1.165, 1.54) is 0 Å². The highest BCUT2D eigenvalue weighted by atomic mass is 16.6. The quantitative estimate of drug-likeness (QED) is 0.683. The van der Waals surface area contributed by atoms with Gasteiger partial charge in [0, 0.05) is 0 Å². The van der Waals surface area contributed by atoms with Crippen LogP contribution in [0.25, 0.3) is 0 Å². The largest absolute Gasteiger partial charge is 0.480 e. The third kappa shape index (κ3) is 2.93. The van der Waals surface area contributed by atoms with Gasteiger partial charge in [-0.15, -0.1) is 0 Å². The molecule has 0 saturated heterocycles. The first kappa shape index (κ1) is 9.83. The number of carbonyl (C=O) groups excluding carboxylic acids is 1. The van der Waals surface area contributed by atoms with Crippen LogP contribution in [0.15, 0.2) is 0 Å². The lowest BCUT2D eigenvalue weighted by Crippen LogP contribution is -2.43. The first-order chi connectivity index (χ1) is 6.02. The minimum Gasteiger partial charge on any atom is -0.480 e. The molecule has 1 aliphatic carbocycles. The average Bonchev–Trinajstić information content (AvgIpc) is 1.98. The van der Waals surface area contributed by atoms with Crippen LogP contribution in [0.2, 0.25) is 0 Å². The molecule has 5 nitrogen and oxygen atoms in total. The zero-order chi connectivity index (χ0) is 9.90. The number of nitrogens with one attached hydrogen (secondary N) is 1. The molecule has 0 atom stereocenters. The predicted octanol–water partition coefficient (Wildman–Crippen LogP) is 0.740. The molecule has 1 fully saturated rings. The summed E-state index contributed by atoms with van der Waals surface area (Å²) >= 11 is 0. The van der Waals surface area contributed by atoms with Gasteiger partial charge >= 0.3 is 12.1 Å². The summed E-state index contributed by atoms with van der Waals surface area (Å²) in [5, 5.41) is 10.4. The molecule has 1 rings (SSSR count). The van der Waals surface area contributed by atoms with Crippen LogP contribution in [-0.4, -0.2) is 29.3 Å². The van der Waals surface area contributed by atoms with Crippen LogP contribution in [0.1, 0.15) is 26.2 Å². The number of hydrogen-bond acceptors (Lipinski definition) is 3. The second-order valence-corrected chi connectivity index (χ2v) is 3.44. The Balaban J connectivity index is 2.21. The minimum atomic E-state index is -1.07. The zero-order valence-corrected chi connectivity index (χ0v) is 7.50. The maximum atomic E-state index is 11.0. The van der Waals surface area contributed by atoms with Crippen molar-refractivity contribution in [2.75, 3.05) is 6.54 Å². The van der Waals surface area contributed by atoms with Gasteiger partial charge in [-0.3, -0.25) is 4.79 Å². The number of carboxylic acid groups (broad SMARTS) is 1. The molecule has 0 heterocycles. The number of carbonyl (C=O) groups is 2. The first-order valence-electron chi connectivity index (χ1n) is 4.20. The maximum absolute atomic E-state index is 11.0. The Morgan fingerprint density at radius 1 is 1.54 bits per heavy atom. The Labute approximate surface area is 76.1 Å². The SMILES string of the molecule is CC1(OC(=O)NCC(=O)O)CCC1. The summed E-state index contributed by atoms with van der Waals surface area (Å²) in [6, 6.07) is 0. The van der Waals surface area contributed by atoms with Gasteiger partial charge in [-0.25, -0.2) is 4.79 Å². The fourth-order valence-corrected chi connectivity index (χ4v) is 1.18. The van der Waals surface area contributed by atoms with E-state index in [0.717, 1.165) is 19.3 Å². The monoisotopic (exact) mass is 187 g/mol. The molecule has 5 heteroatoms. The molecule has 0 aromatic rings. The number of hydrogen-bond donors (Lipinski definition) is 2. The molecule has 0 bridgehead atoms. The molecule has 0 spiro atoms. The molecule has 13 heavy (non-hydrogen) atoms. The minimum absolute atomic E-state index is 0.372. The summed E-state index contributed by atoms with van der Waals surface area (Å²) < 4.78 is 5.01. The molecule has 0 aliphatic heterocycles. The third-order valence-corrected chi connectivity index (χ3v) is 2.13. The third-order valence-electron chi connectivity index (χ3n) is 2.13. The van der Waals surface area contributed by atoms with E-state index in [0.29, 0.717) is 0 Å². The van der Waals surface area contributed by atoms with E-state index in [-0.39, 0.29) is 5.60 Å². The van der Waals surface area contributed by atoms with Crippen molar-refractivity contribution in [3.63, 3.8) is 0 Å². The molecule has 0 radical (unpaired) electrons. The molecular weight excluding hydrogens is 174 g/mol. The van der Waals surface area contributed by atoms with Crippen molar-refractivity contribution in [2.45, 2.75) is 31.8 Å². The van der Waals surface area contributed by atoms with Crippen molar-refractivity contribution in [1.82, 2.24) is 5.32 Å². The van der Waals surface area contributed by atoms with Gasteiger partial charge < -0.3 is 15.2 Å². The van der Waals surface area contributed by atoms with E-state index >= 15 is 0 Å². The van der Waals surface area contributed by atoms with E-state index in [1.54, 1.807) is 0 Å². The smallest absolute Gasteiger partial charge is 0.408 e. The van der Waals surface area contributed by atoms with Gasteiger partial charge in [-0.05, 0) is 26.2 Å². The highest BCUT2D eigenvalue weighted by Gasteiger charge is 2.35. The van der Waals surface area contributed by atoms with Crippen molar-refractivity contribution >= 4 is 12.1 Å². The van der Waals surface area contributed by atoms with E-state index < -0.39 is 18.6 Å². The standard InChI is InChI=1S/C8H13NO4/c1-8(3-2-4-8)13-7(12)9-5-6(10)11/h2-5H2,1H3,(H,9,12)(H,10,11). The summed E-state index contributed by atoms with van der Waals surface area (Å²) in [5.41, 5.74) is -0.372. The van der Waals surface area contributed by atoms with Crippen molar-refractivity contribution in [3.05, 3.63) is 0 Å². The van der Waals surface area contributed by atoms with Gasteiger partial charge in [-0.2, -0.15) is 0 Å². The van der Waals surface area contributed by atoms with Crippen molar-refractivity contribution in [2.24, 2.45) is 0 Å². The van der Waals surface area contributed by atoms with Crippen LogP contribution < -0.4 is 5.32 Å². The van der Waals surface area contributed by atoms with Crippen LogP contribution in [0.4, 0.5) is 4.79 Å². The second kappa shape index (κ2) is 3.64. The van der Waals surface area contributed by atoms with Gasteiger partial charge in [0.1, 0.15) is 12.1 Å². The summed E-state index contributed by atoms with van der Waals surface area (Å²) in [4.78, 5) is 21.0. The Kier molecular flexibility index (Phi) is 2.75. The number of alkyl carbamates (subject to hydrolysis) is 1. The molecule has 74 valence electrons. The number of aliphatic carboxylic acids is 1. The molecular formula is C8H13NO4. The lowest BCUT2D eigenvalue weighted by Gasteiger charge is -2.37. The van der Waals surface area contributed by atoms with Crippen molar-refractivity contribution in [3.8, 4) is 0 Å². The van der Waals surface area contributed by atoms with E-state index in [1.807, 2.05) is 6.92 Å². The van der Waals surface area contributed by atoms with Crippen LogP contribution in [0, 0.1) is 0 Å². The van der Waals surface area contributed by atoms with Gasteiger partial charge in [0.25, 0.3) is 0 Å². The molecule has 0 aromatic heterocycles. The molecule has 1 saturated carbocycles. The average molecular weight is 187 g/mol. The summed E-state index contributed by atoms with van der Waals surface area (Å²) in [6.45, 7) is 1.45. The van der Waals surface area contributed by atoms with E-state index in [2.05, 4.69) is 5.32 Å². The topological polar surface area (TPSA) is 75.6 Å². The Bertz CT molecular complexity index is 222. The Hall–Kier alpha value is -1.26. The second-order valence-electron chi connectivity index (χ2n) is 3.44. The lowest BCUT2D eigenvalue weighted by molar-refractivity contribution is -0.136. The maximum Gasteiger partial charge on any atom is 0.408 e. The lowest BCUT2D eigenvalue weighted by atomic mass is 9.82. The number of carboxylic acids is 1. The van der Waals surface area contributed by atoms with Gasteiger partial charge in [-0.1, -0.05) is 0 Å². The predicted molar refractivity (Wildman–Crippen MR) is 44.4 cm³/mol.